The number of aliphatic hydroxyl groups excluding tert-OH is 1. The fraction of sp³-hybridized carbons (Fsp3) is 0.538. The van der Waals surface area contributed by atoms with Gasteiger partial charge in [-0.3, -0.25) is 0 Å². The van der Waals surface area contributed by atoms with Gasteiger partial charge in [0.15, 0.2) is 0 Å². The van der Waals surface area contributed by atoms with Crippen LogP contribution in [0.15, 0.2) is 24.3 Å². The van der Waals surface area contributed by atoms with Crippen LogP contribution in [0.1, 0.15) is 13.3 Å². The quantitative estimate of drug-likeness (QED) is 0.704. The minimum Gasteiger partial charge on any atom is -0.492 e. The highest BCUT2D eigenvalue weighted by Crippen LogP contribution is 2.12. The molecule has 4 nitrogen and oxygen atoms in total. The van der Waals surface area contributed by atoms with E-state index in [0.29, 0.717) is 6.61 Å². The van der Waals surface area contributed by atoms with Crippen molar-refractivity contribution in [3.63, 3.8) is 0 Å². The fourth-order valence-corrected chi connectivity index (χ4v) is 1.40. The van der Waals surface area contributed by atoms with E-state index in [4.69, 9.17) is 15.6 Å². The Morgan fingerprint density at radius 3 is 2.53 bits per heavy atom. The monoisotopic (exact) mass is 238 g/mol. The number of ether oxygens (including phenoxy) is 1. The molecule has 0 aromatic heterocycles. The van der Waals surface area contributed by atoms with Gasteiger partial charge in [0.1, 0.15) is 12.4 Å². The Balaban J connectivity index is 2.16. The predicted molar refractivity (Wildman–Crippen MR) is 70.1 cm³/mol. The van der Waals surface area contributed by atoms with E-state index in [9.17, 15) is 0 Å². The van der Waals surface area contributed by atoms with Crippen molar-refractivity contribution in [2.24, 2.45) is 0 Å². The summed E-state index contributed by atoms with van der Waals surface area (Å²) < 4.78 is 5.58. The van der Waals surface area contributed by atoms with E-state index < -0.39 is 0 Å². The first-order valence-electron chi connectivity index (χ1n) is 5.93. The van der Waals surface area contributed by atoms with E-state index in [1.54, 1.807) is 6.92 Å². The van der Waals surface area contributed by atoms with Crippen LogP contribution < -0.4 is 10.5 Å². The van der Waals surface area contributed by atoms with E-state index in [0.717, 1.165) is 30.9 Å². The Morgan fingerprint density at radius 2 is 1.94 bits per heavy atom. The zero-order valence-electron chi connectivity index (χ0n) is 10.6. The van der Waals surface area contributed by atoms with Crippen molar-refractivity contribution < 1.29 is 9.84 Å². The van der Waals surface area contributed by atoms with Crippen LogP contribution in [-0.4, -0.2) is 42.9 Å². The molecule has 0 radical (unpaired) electrons. The summed E-state index contributed by atoms with van der Waals surface area (Å²) >= 11 is 0. The average Bonchev–Trinajstić information content (AvgIpc) is 2.29. The first kappa shape index (κ1) is 13.8. The normalized spacial score (nSPS) is 12.7. The predicted octanol–water partition coefficient (Wildman–Crippen LogP) is 1.35. The number of aliphatic hydroxyl groups is 1. The van der Waals surface area contributed by atoms with Crippen molar-refractivity contribution in [2.75, 3.05) is 32.5 Å². The largest absolute Gasteiger partial charge is 0.492 e. The molecule has 0 aliphatic rings. The van der Waals surface area contributed by atoms with E-state index in [1.807, 2.05) is 31.3 Å². The number of benzene rings is 1. The van der Waals surface area contributed by atoms with Crippen molar-refractivity contribution in [1.82, 2.24) is 4.90 Å². The number of nitrogens with two attached hydrogens (primary N) is 1. The molecule has 1 aromatic carbocycles. The number of nitrogen functional groups attached to an aromatic ring is 1. The van der Waals surface area contributed by atoms with Gasteiger partial charge in [-0.05, 0) is 44.7 Å². The van der Waals surface area contributed by atoms with E-state index in [1.165, 1.54) is 0 Å². The highest BCUT2D eigenvalue weighted by Gasteiger charge is 2.01. The van der Waals surface area contributed by atoms with Crippen molar-refractivity contribution in [3.05, 3.63) is 24.3 Å². The van der Waals surface area contributed by atoms with Crippen LogP contribution in [0.2, 0.25) is 0 Å². The number of nitrogens with zero attached hydrogens (tertiary/aromatic N) is 1. The standard InChI is InChI=1S/C13H22N2O2/c1-11(16)7-8-15(2)9-10-17-13-5-3-12(14)4-6-13/h3-6,11,16H,7-10,14H2,1-2H3. The van der Waals surface area contributed by atoms with Gasteiger partial charge in [0, 0.05) is 18.8 Å². The van der Waals surface area contributed by atoms with Crippen LogP contribution in [-0.2, 0) is 0 Å². The molecule has 0 aliphatic heterocycles. The van der Waals surface area contributed by atoms with Gasteiger partial charge in [-0.2, -0.15) is 0 Å². The van der Waals surface area contributed by atoms with Crippen LogP contribution in [0.3, 0.4) is 0 Å². The van der Waals surface area contributed by atoms with Crippen LogP contribution in [0.25, 0.3) is 0 Å². The SMILES string of the molecule is CC(O)CCN(C)CCOc1ccc(N)cc1. The van der Waals surface area contributed by atoms with Gasteiger partial charge in [-0.25, -0.2) is 0 Å². The maximum atomic E-state index is 9.16. The lowest BCUT2D eigenvalue weighted by Crippen LogP contribution is -2.27. The Labute approximate surface area is 103 Å². The second-order valence-corrected chi connectivity index (χ2v) is 4.36. The van der Waals surface area contributed by atoms with E-state index >= 15 is 0 Å². The summed E-state index contributed by atoms with van der Waals surface area (Å²) in [6.07, 6.45) is 0.550. The molecule has 1 aromatic rings. The Morgan fingerprint density at radius 1 is 1.29 bits per heavy atom. The lowest BCUT2D eigenvalue weighted by Gasteiger charge is -2.17. The minimum absolute atomic E-state index is 0.240. The molecule has 0 bridgehead atoms. The molecule has 0 saturated heterocycles. The van der Waals surface area contributed by atoms with Gasteiger partial charge in [-0.15, -0.1) is 0 Å². The lowest BCUT2D eigenvalue weighted by atomic mass is 10.3. The van der Waals surface area contributed by atoms with Crippen LogP contribution in [0, 0.1) is 0 Å². The molecule has 1 unspecified atom stereocenters. The molecule has 0 heterocycles. The van der Waals surface area contributed by atoms with Crippen molar-refractivity contribution in [2.45, 2.75) is 19.4 Å². The first-order valence-corrected chi connectivity index (χ1v) is 5.93. The number of hydrogen-bond acceptors (Lipinski definition) is 4. The van der Waals surface area contributed by atoms with Gasteiger partial charge in [0.05, 0.1) is 6.10 Å². The van der Waals surface area contributed by atoms with Crippen LogP contribution in [0.5, 0.6) is 5.75 Å². The Bertz CT molecular complexity index is 312. The topological polar surface area (TPSA) is 58.7 Å². The molecule has 96 valence electrons. The highest BCUT2D eigenvalue weighted by atomic mass is 16.5. The van der Waals surface area contributed by atoms with Crippen molar-refractivity contribution >= 4 is 5.69 Å². The molecule has 0 amide bonds. The maximum Gasteiger partial charge on any atom is 0.119 e. The molecule has 0 saturated carbocycles. The molecule has 17 heavy (non-hydrogen) atoms. The van der Waals surface area contributed by atoms with Crippen LogP contribution in [0.4, 0.5) is 5.69 Å². The third kappa shape index (κ3) is 6.14. The number of hydrogen-bond donors (Lipinski definition) is 2. The second-order valence-electron chi connectivity index (χ2n) is 4.36. The zero-order chi connectivity index (χ0) is 12.7. The highest BCUT2D eigenvalue weighted by molar-refractivity contribution is 5.41. The lowest BCUT2D eigenvalue weighted by molar-refractivity contribution is 0.157. The summed E-state index contributed by atoms with van der Waals surface area (Å²) in [4.78, 5) is 2.14. The molecule has 1 rings (SSSR count). The molecule has 0 aliphatic carbocycles. The summed E-state index contributed by atoms with van der Waals surface area (Å²) in [6, 6.07) is 7.38. The smallest absolute Gasteiger partial charge is 0.119 e. The van der Waals surface area contributed by atoms with E-state index in [-0.39, 0.29) is 6.10 Å². The van der Waals surface area contributed by atoms with Gasteiger partial charge in [-0.1, -0.05) is 0 Å². The molecule has 0 fully saturated rings. The molecule has 0 spiro atoms. The second kappa shape index (κ2) is 7.14. The minimum atomic E-state index is -0.240. The summed E-state index contributed by atoms with van der Waals surface area (Å²) in [5.41, 5.74) is 6.33. The Hall–Kier alpha value is -1.26. The molecular weight excluding hydrogens is 216 g/mol. The molecule has 1 atom stereocenters. The van der Waals surface area contributed by atoms with Crippen molar-refractivity contribution in [3.8, 4) is 5.75 Å². The summed E-state index contributed by atoms with van der Waals surface area (Å²) in [5, 5.41) is 9.16. The third-order valence-electron chi connectivity index (χ3n) is 2.55. The summed E-state index contributed by atoms with van der Waals surface area (Å²) in [6.45, 7) is 4.17. The molecular formula is C13H22N2O2. The number of anilines is 1. The molecule has 3 N–H and O–H groups in total. The summed E-state index contributed by atoms with van der Waals surface area (Å²) in [5.74, 6) is 0.836. The fourth-order valence-electron chi connectivity index (χ4n) is 1.40. The third-order valence-corrected chi connectivity index (χ3v) is 2.55. The zero-order valence-corrected chi connectivity index (χ0v) is 10.6. The summed E-state index contributed by atoms with van der Waals surface area (Å²) in [7, 11) is 2.02. The van der Waals surface area contributed by atoms with Crippen molar-refractivity contribution in [1.29, 1.82) is 0 Å². The van der Waals surface area contributed by atoms with Gasteiger partial charge < -0.3 is 20.5 Å². The number of likely N-dealkylation sites (N-methyl/N-ethyl adjacent to an activating group) is 1. The molecule has 4 heteroatoms. The van der Waals surface area contributed by atoms with Gasteiger partial charge in [0.2, 0.25) is 0 Å². The first-order chi connectivity index (χ1) is 8.08. The number of rotatable bonds is 7. The average molecular weight is 238 g/mol. The van der Waals surface area contributed by atoms with E-state index in [2.05, 4.69) is 4.90 Å². The maximum absolute atomic E-state index is 9.16. The van der Waals surface area contributed by atoms with Crippen LogP contribution >= 0.6 is 0 Å². The van der Waals surface area contributed by atoms with Gasteiger partial charge in [0.25, 0.3) is 0 Å². The Kier molecular flexibility index (Phi) is 5.80. The van der Waals surface area contributed by atoms with Gasteiger partial charge >= 0.3 is 0 Å².